The lowest BCUT2D eigenvalue weighted by Gasteiger charge is -2.51. The van der Waals surface area contributed by atoms with Gasteiger partial charge in [0.1, 0.15) is 24.4 Å². The molecule has 0 spiro atoms. The maximum Gasteiger partial charge on any atom is 0.189 e. The van der Waals surface area contributed by atoms with Crippen LogP contribution in [0, 0.1) is 0 Å². The average molecular weight is 492 g/mol. The molecule has 3 heterocycles. The predicted octanol–water partition coefficient (Wildman–Crippen LogP) is -3.86. The SMILES string of the molecule is CNC1C(O[C@H]2OC(C)[C@@H](N)C(O)C2O)O[C@H]2CC(N)[C@@H](O[C@H]3CC[C@H](N)CC3N)OC2C1O. The second-order valence-electron chi connectivity index (χ2n) is 10.0. The van der Waals surface area contributed by atoms with Gasteiger partial charge in [-0.2, -0.15) is 0 Å². The Hall–Kier alpha value is -0.520. The molecular weight excluding hydrogens is 450 g/mol. The Morgan fingerprint density at radius 2 is 1.53 bits per heavy atom. The number of ether oxygens (including phenoxy) is 5. The molecule has 12 N–H and O–H groups in total. The maximum atomic E-state index is 11.1. The standard InChI is InChI=1S/C21H41N5O8/c1-7-13(25)15(27)17(29)21(30-7)34-20-14(26-2)16(28)18-12(32-20)6-10(24)19(33-18)31-11-4-3-8(22)5-9(11)23/h7-21,26-29H,3-6,22-25H2,1-2H3/t7?,8-,9?,10?,11-,12-,13+,14?,15?,16?,17?,18?,19-,20?,21+/m0/s1. The third-order valence-electron chi connectivity index (χ3n) is 7.52. The molecule has 13 nitrogen and oxygen atoms in total. The van der Waals surface area contributed by atoms with E-state index in [0.29, 0.717) is 12.8 Å². The third-order valence-corrected chi connectivity index (χ3v) is 7.52. The van der Waals surface area contributed by atoms with Crippen molar-refractivity contribution in [3.05, 3.63) is 0 Å². The molecule has 0 aromatic rings. The van der Waals surface area contributed by atoms with Crippen LogP contribution in [0.4, 0.5) is 0 Å². The number of hydrogen-bond donors (Lipinski definition) is 8. The van der Waals surface area contributed by atoms with Crippen LogP contribution in [0.3, 0.4) is 0 Å². The Kier molecular flexibility index (Phi) is 8.47. The molecule has 0 amide bonds. The molecule has 13 heteroatoms. The molecule has 0 aromatic heterocycles. The van der Waals surface area contributed by atoms with E-state index in [0.717, 1.165) is 12.8 Å². The number of nitrogens with one attached hydrogen (secondary N) is 1. The van der Waals surface area contributed by atoms with Crippen molar-refractivity contribution in [2.45, 2.75) is 124 Å². The molecule has 0 aromatic carbocycles. The van der Waals surface area contributed by atoms with Crippen molar-refractivity contribution in [1.29, 1.82) is 0 Å². The van der Waals surface area contributed by atoms with E-state index in [9.17, 15) is 15.3 Å². The number of aliphatic hydroxyl groups is 3. The van der Waals surface area contributed by atoms with Crippen LogP contribution in [-0.2, 0) is 23.7 Å². The largest absolute Gasteiger partial charge is 0.388 e. The molecule has 4 fully saturated rings. The first kappa shape index (κ1) is 26.5. The fourth-order valence-electron chi connectivity index (χ4n) is 5.32. The molecule has 1 aliphatic carbocycles. The first-order valence-electron chi connectivity index (χ1n) is 12.1. The van der Waals surface area contributed by atoms with Gasteiger partial charge in [0, 0.05) is 12.1 Å². The van der Waals surface area contributed by atoms with E-state index >= 15 is 0 Å². The first-order valence-corrected chi connectivity index (χ1v) is 12.1. The summed E-state index contributed by atoms with van der Waals surface area (Å²) in [4.78, 5) is 0. The van der Waals surface area contributed by atoms with Gasteiger partial charge in [0.2, 0.25) is 0 Å². The predicted molar refractivity (Wildman–Crippen MR) is 119 cm³/mol. The minimum atomic E-state index is -1.38. The molecule has 0 bridgehead atoms. The van der Waals surface area contributed by atoms with Crippen molar-refractivity contribution in [2.24, 2.45) is 22.9 Å². The topological polar surface area (TPSA) is 223 Å². The van der Waals surface area contributed by atoms with Crippen LogP contribution in [0.25, 0.3) is 0 Å². The lowest BCUT2D eigenvalue weighted by Crippen LogP contribution is -2.69. The number of aliphatic hydroxyl groups excluding tert-OH is 3. The summed E-state index contributed by atoms with van der Waals surface area (Å²) in [5.41, 5.74) is 24.4. The van der Waals surface area contributed by atoms with Gasteiger partial charge >= 0.3 is 0 Å². The normalized spacial score (nSPS) is 54.4. The van der Waals surface area contributed by atoms with Crippen molar-refractivity contribution < 1.29 is 39.0 Å². The number of nitrogens with two attached hydrogens (primary N) is 4. The van der Waals surface area contributed by atoms with Gasteiger partial charge in [0.05, 0.1) is 36.4 Å². The van der Waals surface area contributed by atoms with Gasteiger partial charge < -0.3 is 67.3 Å². The Morgan fingerprint density at radius 1 is 0.794 bits per heavy atom. The summed E-state index contributed by atoms with van der Waals surface area (Å²) in [5.74, 6) is 0. The maximum absolute atomic E-state index is 11.1. The number of rotatable bonds is 5. The van der Waals surface area contributed by atoms with Crippen LogP contribution in [0.2, 0.25) is 0 Å². The highest BCUT2D eigenvalue weighted by atomic mass is 16.8. The summed E-state index contributed by atoms with van der Waals surface area (Å²) >= 11 is 0. The lowest BCUT2D eigenvalue weighted by atomic mass is 9.88. The van der Waals surface area contributed by atoms with Crippen LogP contribution in [-0.4, -0.2) is 114 Å². The van der Waals surface area contributed by atoms with Gasteiger partial charge in [-0.3, -0.25) is 0 Å². The van der Waals surface area contributed by atoms with Gasteiger partial charge in [-0.1, -0.05) is 0 Å². The van der Waals surface area contributed by atoms with E-state index < -0.39 is 73.6 Å². The molecule has 34 heavy (non-hydrogen) atoms. The zero-order chi connectivity index (χ0) is 24.7. The molecule has 4 rings (SSSR count). The van der Waals surface area contributed by atoms with E-state index in [-0.39, 0.29) is 18.2 Å². The Bertz CT molecular complexity index is 679. The summed E-state index contributed by atoms with van der Waals surface area (Å²) in [6.45, 7) is 1.68. The summed E-state index contributed by atoms with van der Waals surface area (Å²) in [6, 6.07) is -2.13. The second kappa shape index (κ2) is 10.8. The molecule has 3 saturated heterocycles. The van der Waals surface area contributed by atoms with Crippen LogP contribution < -0.4 is 28.3 Å². The fraction of sp³-hybridized carbons (Fsp3) is 1.00. The highest BCUT2D eigenvalue weighted by molar-refractivity contribution is 5.00. The Labute approximate surface area is 199 Å². The Morgan fingerprint density at radius 3 is 2.21 bits per heavy atom. The highest BCUT2D eigenvalue weighted by Gasteiger charge is 2.53. The summed E-state index contributed by atoms with van der Waals surface area (Å²) in [7, 11) is 1.65. The van der Waals surface area contributed by atoms with Gasteiger partial charge in [0.25, 0.3) is 0 Å². The number of likely N-dealkylation sites (N-methyl/N-ethyl adjacent to an activating group) is 1. The summed E-state index contributed by atoms with van der Waals surface area (Å²) in [5, 5.41) is 34.7. The lowest BCUT2D eigenvalue weighted by molar-refractivity contribution is -0.369. The number of hydrogen-bond acceptors (Lipinski definition) is 13. The minimum Gasteiger partial charge on any atom is -0.388 e. The zero-order valence-corrected chi connectivity index (χ0v) is 19.7. The molecule has 0 radical (unpaired) electrons. The smallest absolute Gasteiger partial charge is 0.189 e. The third kappa shape index (κ3) is 5.27. The fourth-order valence-corrected chi connectivity index (χ4v) is 5.32. The zero-order valence-electron chi connectivity index (χ0n) is 19.7. The van der Waals surface area contributed by atoms with E-state index in [1.165, 1.54) is 0 Å². The highest BCUT2D eigenvalue weighted by Crippen LogP contribution is 2.35. The quantitative estimate of drug-likeness (QED) is 0.185. The van der Waals surface area contributed by atoms with E-state index in [1.807, 2.05) is 0 Å². The number of fused-ring (bicyclic) bond motifs is 1. The van der Waals surface area contributed by atoms with Gasteiger partial charge in [0.15, 0.2) is 18.9 Å². The molecule has 1 saturated carbocycles. The van der Waals surface area contributed by atoms with Crippen LogP contribution in [0.15, 0.2) is 0 Å². The molecule has 9 unspecified atom stereocenters. The van der Waals surface area contributed by atoms with Gasteiger partial charge in [-0.05, 0) is 39.7 Å². The van der Waals surface area contributed by atoms with Gasteiger partial charge in [-0.15, -0.1) is 0 Å². The first-order chi connectivity index (χ1) is 16.1. The van der Waals surface area contributed by atoms with Crippen LogP contribution >= 0.6 is 0 Å². The monoisotopic (exact) mass is 491 g/mol. The van der Waals surface area contributed by atoms with Crippen molar-refractivity contribution in [2.75, 3.05) is 7.05 Å². The van der Waals surface area contributed by atoms with Gasteiger partial charge in [-0.25, -0.2) is 0 Å². The Balaban J connectivity index is 1.41. The van der Waals surface area contributed by atoms with Crippen molar-refractivity contribution in [3.63, 3.8) is 0 Å². The summed E-state index contributed by atoms with van der Waals surface area (Å²) in [6.07, 6.45) is -6.13. The van der Waals surface area contributed by atoms with Crippen molar-refractivity contribution in [3.8, 4) is 0 Å². The van der Waals surface area contributed by atoms with E-state index in [4.69, 9.17) is 46.6 Å². The van der Waals surface area contributed by atoms with Crippen molar-refractivity contribution >= 4 is 0 Å². The van der Waals surface area contributed by atoms with Crippen molar-refractivity contribution in [1.82, 2.24) is 5.32 Å². The molecule has 3 aliphatic heterocycles. The minimum absolute atomic E-state index is 0.0635. The second-order valence-corrected chi connectivity index (χ2v) is 10.0. The van der Waals surface area contributed by atoms with E-state index in [1.54, 1.807) is 14.0 Å². The molecule has 4 aliphatic rings. The van der Waals surface area contributed by atoms with E-state index in [2.05, 4.69) is 5.32 Å². The summed E-state index contributed by atoms with van der Waals surface area (Å²) < 4.78 is 29.8. The molecular formula is C21H41N5O8. The average Bonchev–Trinajstić information content (AvgIpc) is 2.79. The van der Waals surface area contributed by atoms with Crippen LogP contribution in [0.5, 0.6) is 0 Å². The molecule has 15 atom stereocenters. The molecule has 198 valence electrons. The van der Waals surface area contributed by atoms with Crippen LogP contribution in [0.1, 0.15) is 32.6 Å².